The molecule has 2 N–H and O–H groups in total. The van der Waals surface area contributed by atoms with Gasteiger partial charge in [-0.1, -0.05) is 6.92 Å². The third kappa shape index (κ3) is 1.96. The fraction of sp³-hybridized carbons (Fsp3) is 1.00. The van der Waals surface area contributed by atoms with Gasteiger partial charge in [0.05, 0.1) is 11.7 Å². The summed E-state index contributed by atoms with van der Waals surface area (Å²) in [5.74, 6) is 0.457. The van der Waals surface area contributed by atoms with Crippen LogP contribution in [0.3, 0.4) is 0 Å². The van der Waals surface area contributed by atoms with Gasteiger partial charge in [0.2, 0.25) is 0 Å². The van der Waals surface area contributed by atoms with Crippen molar-refractivity contribution in [1.82, 2.24) is 0 Å². The van der Waals surface area contributed by atoms with Crippen LogP contribution >= 0.6 is 0 Å². The summed E-state index contributed by atoms with van der Waals surface area (Å²) < 4.78 is 0. The molecule has 0 spiro atoms. The summed E-state index contributed by atoms with van der Waals surface area (Å²) >= 11 is 0. The first-order chi connectivity index (χ1) is 4.49. The van der Waals surface area contributed by atoms with E-state index in [-0.39, 0.29) is 6.10 Å². The summed E-state index contributed by atoms with van der Waals surface area (Å²) in [6.07, 6.45) is 1.91. The molecule has 0 radical (unpaired) electrons. The molecule has 0 aromatic carbocycles. The summed E-state index contributed by atoms with van der Waals surface area (Å²) in [4.78, 5) is 0. The van der Waals surface area contributed by atoms with Gasteiger partial charge < -0.3 is 10.2 Å². The molecule has 0 amide bonds. The molecule has 3 atom stereocenters. The van der Waals surface area contributed by atoms with Crippen molar-refractivity contribution in [2.75, 3.05) is 0 Å². The fourth-order valence-electron chi connectivity index (χ4n) is 1.97. The van der Waals surface area contributed by atoms with E-state index in [4.69, 9.17) is 0 Å². The maximum atomic E-state index is 9.56. The van der Waals surface area contributed by atoms with Crippen LogP contribution in [0.1, 0.15) is 33.1 Å². The number of hydrogen-bond acceptors (Lipinski definition) is 2. The molecule has 0 bridgehead atoms. The Morgan fingerprint density at radius 3 is 2.40 bits per heavy atom. The van der Waals surface area contributed by atoms with Crippen LogP contribution < -0.4 is 0 Å². The topological polar surface area (TPSA) is 40.5 Å². The molecule has 0 saturated heterocycles. The molecule has 1 saturated carbocycles. The van der Waals surface area contributed by atoms with Crippen LogP contribution in [0, 0.1) is 5.92 Å². The highest BCUT2D eigenvalue weighted by atomic mass is 16.3. The molecular formula is C8H16O2. The minimum absolute atomic E-state index is 0.293. The Labute approximate surface area is 61.9 Å². The van der Waals surface area contributed by atoms with Crippen molar-refractivity contribution in [3.63, 3.8) is 0 Å². The molecule has 1 fully saturated rings. The Bertz CT molecular complexity index is 108. The van der Waals surface area contributed by atoms with Crippen molar-refractivity contribution in [2.24, 2.45) is 5.92 Å². The van der Waals surface area contributed by atoms with E-state index in [1.165, 1.54) is 0 Å². The van der Waals surface area contributed by atoms with E-state index in [2.05, 4.69) is 6.92 Å². The molecule has 2 heteroatoms. The molecule has 0 aromatic rings. The number of aliphatic hydroxyl groups excluding tert-OH is 1. The highest BCUT2D eigenvalue weighted by Crippen LogP contribution is 2.31. The normalized spacial score (nSPS) is 49.2. The molecule has 10 heavy (non-hydrogen) atoms. The van der Waals surface area contributed by atoms with Crippen molar-refractivity contribution < 1.29 is 10.2 Å². The Balaban J connectivity index is 2.51. The van der Waals surface area contributed by atoms with Crippen molar-refractivity contribution in [3.8, 4) is 0 Å². The van der Waals surface area contributed by atoms with Crippen LogP contribution in [0.4, 0.5) is 0 Å². The van der Waals surface area contributed by atoms with Gasteiger partial charge in [-0.25, -0.2) is 0 Å². The van der Waals surface area contributed by atoms with E-state index in [1.807, 2.05) is 0 Å². The van der Waals surface area contributed by atoms with Gasteiger partial charge in [-0.3, -0.25) is 0 Å². The van der Waals surface area contributed by atoms with Crippen LogP contribution in [0.2, 0.25) is 0 Å². The average Bonchev–Trinajstić information content (AvgIpc) is 1.54. The van der Waals surface area contributed by atoms with E-state index in [0.717, 1.165) is 12.8 Å². The predicted molar refractivity (Wildman–Crippen MR) is 39.6 cm³/mol. The van der Waals surface area contributed by atoms with Gasteiger partial charge in [-0.15, -0.1) is 0 Å². The van der Waals surface area contributed by atoms with E-state index >= 15 is 0 Å². The van der Waals surface area contributed by atoms with Crippen LogP contribution in [0.5, 0.6) is 0 Å². The van der Waals surface area contributed by atoms with E-state index in [9.17, 15) is 10.2 Å². The summed E-state index contributed by atoms with van der Waals surface area (Å²) in [7, 11) is 0. The zero-order valence-electron chi connectivity index (χ0n) is 6.67. The van der Waals surface area contributed by atoms with Gasteiger partial charge in [0.25, 0.3) is 0 Å². The molecule has 1 aliphatic rings. The van der Waals surface area contributed by atoms with Gasteiger partial charge in [-0.05, 0) is 25.7 Å². The Morgan fingerprint density at radius 2 is 2.00 bits per heavy atom. The maximum absolute atomic E-state index is 9.56. The van der Waals surface area contributed by atoms with Gasteiger partial charge in [-0.2, -0.15) is 0 Å². The van der Waals surface area contributed by atoms with Gasteiger partial charge >= 0.3 is 0 Å². The third-order valence-electron chi connectivity index (χ3n) is 2.14. The Hall–Kier alpha value is -0.0800. The quantitative estimate of drug-likeness (QED) is 0.530. The number of aliphatic hydroxyl groups is 2. The number of rotatable bonds is 0. The lowest BCUT2D eigenvalue weighted by atomic mass is 9.79. The zero-order valence-corrected chi connectivity index (χ0v) is 6.67. The smallest absolute Gasteiger partial charge is 0.0646 e. The minimum Gasteiger partial charge on any atom is -0.393 e. The molecule has 0 heterocycles. The molecule has 1 rings (SSSR count). The first-order valence-corrected chi connectivity index (χ1v) is 3.90. The highest BCUT2D eigenvalue weighted by Gasteiger charge is 2.32. The Kier molecular flexibility index (Phi) is 2.02. The first-order valence-electron chi connectivity index (χ1n) is 3.90. The second-order valence-corrected chi connectivity index (χ2v) is 3.90. The molecule has 1 aliphatic carbocycles. The zero-order chi connectivity index (χ0) is 7.78. The number of hydrogen-bond donors (Lipinski definition) is 2. The second kappa shape index (κ2) is 2.51. The lowest BCUT2D eigenvalue weighted by Gasteiger charge is -2.35. The Morgan fingerprint density at radius 1 is 1.40 bits per heavy atom. The molecule has 60 valence electrons. The largest absolute Gasteiger partial charge is 0.393 e. The van der Waals surface area contributed by atoms with Crippen LogP contribution in [-0.4, -0.2) is 21.9 Å². The summed E-state index contributed by atoms with van der Waals surface area (Å²) in [6, 6.07) is 0. The fourth-order valence-corrected chi connectivity index (χ4v) is 1.97. The van der Waals surface area contributed by atoms with Crippen molar-refractivity contribution in [3.05, 3.63) is 0 Å². The SMILES string of the molecule is CC1CC(O)CC(C)(O)C1. The van der Waals surface area contributed by atoms with E-state index in [1.54, 1.807) is 6.92 Å². The lowest BCUT2D eigenvalue weighted by Crippen LogP contribution is -2.37. The molecule has 2 nitrogen and oxygen atoms in total. The van der Waals surface area contributed by atoms with Crippen LogP contribution in [-0.2, 0) is 0 Å². The lowest BCUT2D eigenvalue weighted by molar-refractivity contribution is -0.0498. The monoisotopic (exact) mass is 144 g/mol. The summed E-state index contributed by atoms with van der Waals surface area (Å²) in [6.45, 7) is 3.86. The van der Waals surface area contributed by atoms with E-state index < -0.39 is 5.60 Å². The molecule has 0 aromatic heterocycles. The minimum atomic E-state index is -0.628. The van der Waals surface area contributed by atoms with Crippen LogP contribution in [0.15, 0.2) is 0 Å². The average molecular weight is 144 g/mol. The molecule has 0 aliphatic heterocycles. The molecular weight excluding hydrogens is 128 g/mol. The van der Waals surface area contributed by atoms with E-state index in [0.29, 0.717) is 12.3 Å². The third-order valence-corrected chi connectivity index (χ3v) is 2.14. The second-order valence-electron chi connectivity index (χ2n) is 3.90. The molecule has 3 unspecified atom stereocenters. The van der Waals surface area contributed by atoms with Crippen molar-refractivity contribution in [2.45, 2.75) is 44.8 Å². The van der Waals surface area contributed by atoms with Crippen molar-refractivity contribution >= 4 is 0 Å². The van der Waals surface area contributed by atoms with Gasteiger partial charge in [0.1, 0.15) is 0 Å². The summed E-state index contributed by atoms with van der Waals surface area (Å²) in [5.41, 5.74) is -0.628. The van der Waals surface area contributed by atoms with Crippen molar-refractivity contribution in [1.29, 1.82) is 0 Å². The predicted octanol–water partition coefficient (Wildman–Crippen LogP) is 0.918. The maximum Gasteiger partial charge on any atom is 0.0646 e. The van der Waals surface area contributed by atoms with Crippen LogP contribution in [0.25, 0.3) is 0 Å². The van der Waals surface area contributed by atoms with Gasteiger partial charge in [0, 0.05) is 6.42 Å². The van der Waals surface area contributed by atoms with Gasteiger partial charge in [0.15, 0.2) is 0 Å². The summed E-state index contributed by atoms with van der Waals surface area (Å²) in [5, 5.41) is 18.8. The highest BCUT2D eigenvalue weighted by molar-refractivity contribution is 4.85. The first kappa shape index (κ1) is 8.02. The standard InChI is InChI=1S/C8H16O2/c1-6-3-7(9)5-8(2,10)4-6/h6-7,9-10H,3-5H2,1-2H3.